The van der Waals surface area contributed by atoms with Crippen LogP contribution in [0.25, 0.3) is 0 Å². The summed E-state index contributed by atoms with van der Waals surface area (Å²) in [6.07, 6.45) is 0.865. The largest absolute Gasteiger partial charge is 0.319 e. The Bertz CT molecular complexity index is 228. The predicted molar refractivity (Wildman–Crippen MR) is 51.7 cm³/mol. The van der Waals surface area contributed by atoms with Gasteiger partial charge in [-0.2, -0.15) is 0 Å². The van der Waals surface area contributed by atoms with E-state index in [1.807, 2.05) is 18.7 Å². The van der Waals surface area contributed by atoms with E-state index in [2.05, 4.69) is 11.8 Å². The van der Waals surface area contributed by atoms with Gasteiger partial charge in [0.05, 0.1) is 17.7 Å². The second-order valence-corrected chi connectivity index (χ2v) is 3.94. The molecule has 0 radical (unpaired) electrons. The summed E-state index contributed by atoms with van der Waals surface area (Å²) in [4.78, 5) is 13.0. The molecule has 0 saturated carbocycles. The highest BCUT2D eigenvalue weighted by molar-refractivity contribution is 8.00. The van der Waals surface area contributed by atoms with Crippen molar-refractivity contribution < 1.29 is 4.79 Å². The molecule has 0 aromatic carbocycles. The number of carbonyl (C=O) groups excluding carboxylic acids is 1. The topological polar surface area (TPSA) is 20.3 Å². The number of nitrogens with zero attached hydrogens (tertiary/aromatic N) is 1. The Balaban J connectivity index is 2.44. The smallest absolute Gasteiger partial charge is 0.234 e. The van der Waals surface area contributed by atoms with Gasteiger partial charge in [0.1, 0.15) is 0 Å². The van der Waals surface area contributed by atoms with Crippen LogP contribution in [0.3, 0.4) is 0 Å². The van der Waals surface area contributed by atoms with Gasteiger partial charge < -0.3 is 4.90 Å². The van der Waals surface area contributed by atoms with Crippen molar-refractivity contribution in [2.75, 3.05) is 12.3 Å². The minimum atomic E-state index is 0.220. The lowest BCUT2D eigenvalue weighted by molar-refractivity contribution is -0.127. The SMILES string of the molecule is CCC#CCN1C(=O)CSC1C. The van der Waals surface area contributed by atoms with E-state index in [4.69, 9.17) is 0 Å². The maximum atomic E-state index is 11.2. The molecule has 1 heterocycles. The zero-order valence-electron chi connectivity index (χ0n) is 7.46. The highest BCUT2D eigenvalue weighted by Gasteiger charge is 2.26. The van der Waals surface area contributed by atoms with E-state index in [9.17, 15) is 4.79 Å². The third-order valence-electron chi connectivity index (χ3n) is 1.76. The van der Waals surface area contributed by atoms with Gasteiger partial charge in [0.25, 0.3) is 0 Å². The fourth-order valence-electron chi connectivity index (χ4n) is 1.05. The Labute approximate surface area is 77.7 Å². The van der Waals surface area contributed by atoms with E-state index in [0.717, 1.165) is 6.42 Å². The third-order valence-corrected chi connectivity index (χ3v) is 2.91. The van der Waals surface area contributed by atoms with Crippen LogP contribution in [0.2, 0.25) is 0 Å². The number of hydrogen-bond acceptors (Lipinski definition) is 2. The van der Waals surface area contributed by atoms with Crippen molar-refractivity contribution in [1.82, 2.24) is 4.90 Å². The van der Waals surface area contributed by atoms with E-state index in [-0.39, 0.29) is 5.91 Å². The van der Waals surface area contributed by atoms with Crippen molar-refractivity contribution in [1.29, 1.82) is 0 Å². The average Bonchev–Trinajstić information content (AvgIpc) is 2.35. The number of hydrogen-bond donors (Lipinski definition) is 0. The summed E-state index contributed by atoms with van der Waals surface area (Å²) in [6, 6.07) is 0. The van der Waals surface area contributed by atoms with Crippen LogP contribution in [0.5, 0.6) is 0 Å². The summed E-state index contributed by atoms with van der Waals surface area (Å²) >= 11 is 1.68. The molecule has 0 aromatic heterocycles. The van der Waals surface area contributed by atoms with Crippen molar-refractivity contribution in [3.8, 4) is 11.8 Å². The molecule has 1 rings (SSSR count). The maximum Gasteiger partial charge on any atom is 0.234 e. The molecule has 0 spiro atoms. The van der Waals surface area contributed by atoms with Gasteiger partial charge in [0, 0.05) is 6.42 Å². The first-order chi connectivity index (χ1) is 5.75. The van der Waals surface area contributed by atoms with Gasteiger partial charge in [0.2, 0.25) is 5.91 Å². The molecule has 0 N–H and O–H groups in total. The molecule has 0 bridgehead atoms. The van der Waals surface area contributed by atoms with Crippen molar-refractivity contribution in [3.05, 3.63) is 0 Å². The molecular formula is C9H13NOS. The van der Waals surface area contributed by atoms with Gasteiger partial charge in [-0.05, 0) is 6.92 Å². The summed E-state index contributed by atoms with van der Waals surface area (Å²) in [6.45, 7) is 4.65. The van der Waals surface area contributed by atoms with Crippen molar-refractivity contribution in [2.45, 2.75) is 25.6 Å². The molecule has 1 atom stereocenters. The molecule has 1 unspecified atom stereocenters. The van der Waals surface area contributed by atoms with E-state index in [0.29, 0.717) is 17.7 Å². The fraction of sp³-hybridized carbons (Fsp3) is 0.667. The third kappa shape index (κ3) is 2.18. The van der Waals surface area contributed by atoms with Crippen LogP contribution in [-0.4, -0.2) is 28.5 Å². The maximum absolute atomic E-state index is 11.2. The fourth-order valence-corrected chi connectivity index (χ4v) is 1.97. The Morgan fingerprint density at radius 1 is 1.67 bits per heavy atom. The van der Waals surface area contributed by atoms with Gasteiger partial charge in [-0.15, -0.1) is 17.7 Å². The molecule has 2 nitrogen and oxygen atoms in total. The van der Waals surface area contributed by atoms with Crippen molar-refractivity contribution in [2.24, 2.45) is 0 Å². The first-order valence-corrected chi connectivity index (χ1v) is 5.17. The van der Waals surface area contributed by atoms with E-state index >= 15 is 0 Å². The Morgan fingerprint density at radius 2 is 2.42 bits per heavy atom. The van der Waals surface area contributed by atoms with Crippen LogP contribution in [-0.2, 0) is 4.79 Å². The molecule has 1 aliphatic heterocycles. The Morgan fingerprint density at radius 3 is 2.92 bits per heavy atom. The first-order valence-electron chi connectivity index (χ1n) is 4.12. The highest BCUT2D eigenvalue weighted by Crippen LogP contribution is 2.22. The summed E-state index contributed by atoms with van der Waals surface area (Å²) in [5.74, 6) is 6.78. The van der Waals surface area contributed by atoms with Gasteiger partial charge in [-0.25, -0.2) is 0 Å². The summed E-state index contributed by atoms with van der Waals surface area (Å²) in [5.41, 5.74) is 0. The minimum Gasteiger partial charge on any atom is -0.319 e. The van der Waals surface area contributed by atoms with Gasteiger partial charge in [-0.3, -0.25) is 4.79 Å². The second-order valence-electron chi connectivity index (χ2n) is 2.64. The minimum absolute atomic E-state index is 0.220. The Kier molecular flexibility index (Phi) is 3.48. The van der Waals surface area contributed by atoms with Gasteiger partial charge in [0.15, 0.2) is 0 Å². The molecule has 12 heavy (non-hydrogen) atoms. The second kappa shape index (κ2) is 4.42. The van der Waals surface area contributed by atoms with E-state index in [1.54, 1.807) is 11.8 Å². The number of carbonyl (C=O) groups is 1. The van der Waals surface area contributed by atoms with Crippen LogP contribution >= 0.6 is 11.8 Å². The number of rotatable bonds is 1. The van der Waals surface area contributed by atoms with Gasteiger partial charge >= 0.3 is 0 Å². The zero-order valence-corrected chi connectivity index (χ0v) is 8.28. The summed E-state index contributed by atoms with van der Waals surface area (Å²) in [5, 5.41) is 0.309. The number of amides is 1. The molecule has 1 amide bonds. The predicted octanol–water partition coefficient (Wildman–Crippen LogP) is 1.32. The first kappa shape index (κ1) is 9.47. The normalized spacial score (nSPS) is 22.3. The monoisotopic (exact) mass is 183 g/mol. The van der Waals surface area contributed by atoms with Crippen LogP contribution in [0.15, 0.2) is 0 Å². The molecule has 0 aliphatic carbocycles. The molecule has 0 aromatic rings. The molecule has 66 valence electrons. The lowest BCUT2D eigenvalue weighted by Gasteiger charge is -2.16. The lowest BCUT2D eigenvalue weighted by atomic mass is 10.4. The van der Waals surface area contributed by atoms with Crippen LogP contribution < -0.4 is 0 Å². The average molecular weight is 183 g/mol. The quantitative estimate of drug-likeness (QED) is 0.571. The standard InChI is InChI=1S/C9H13NOS/c1-3-4-5-6-10-8(2)12-7-9(10)11/h8H,3,6-7H2,1-2H3. The zero-order chi connectivity index (χ0) is 8.97. The highest BCUT2D eigenvalue weighted by atomic mass is 32.2. The van der Waals surface area contributed by atoms with E-state index < -0.39 is 0 Å². The molecule has 3 heteroatoms. The number of thioether (sulfide) groups is 1. The van der Waals surface area contributed by atoms with E-state index in [1.165, 1.54) is 0 Å². The van der Waals surface area contributed by atoms with Crippen molar-refractivity contribution >= 4 is 17.7 Å². The van der Waals surface area contributed by atoms with Crippen LogP contribution in [0.4, 0.5) is 0 Å². The lowest BCUT2D eigenvalue weighted by Crippen LogP contribution is -2.31. The molecular weight excluding hydrogens is 170 g/mol. The van der Waals surface area contributed by atoms with Crippen molar-refractivity contribution in [3.63, 3.8) is 0 Å². The summed E-state index contributed by atoms with van der Waals surface area (Å²) in [7, 11) is 0. The molecule has 1 fully saturated rings. The van der Waals surface area contributed by atoms with Gasteiger partial charge in [-0.1, -0.05) is 12.8 Å². The molecule has 1 saturated heterocycles. The van der Waals surface area contributed by atoms with Crippen LogP contribution in [0.1, 0.15) is 20.3 Å². The van der Waals surface area contributed by atoms with Crippen LogP contribution in [0, 0.1) is 11.8 Å². The Hall–Kier alpha value is -0.620. The molecule has 1 aliphatic rings. The summed E-state index contributed by atoms with van der Waals surface area (Å²) < 4.78 is 0.